The highest BCUT2D eigenvalue weighted by Gasteiger charge is 2.21. The summed E-state index contributed by atoms with van der Waals surface area (Å²) in [5, 5.41) is 8.53. The van der Waals surface area contributed by atoms with Crippen molar-refractivity contribution in [3.8, 4) is 22.3 Å². The molecule has 1 unspecified atom stereocenters. The van der Waals surface area contributed by atoms with Gasteiger partial charge in [0.25, 0.3) is 0 Å². The van der Waals surface area contributed by atoms with Gasteiger partial charge in [0.15, 0.2) is 0 Å². The normalized spacial score (nSPS) is 18.1. The number of hydrogen-bond donors (Lipinski definition) is 2. The lowest BCUT2D eigenvalue weighted by molar-refractivity contribution is 0.504. The molecule has 2 atom stereocenters. The van der Waals surface area contributed by atoms with E-state index >= 15 is 0 Å². The third kappa shape index (κ3) is 8.74. The Kier molecular flexibility index (Phi) is 11.0. The lowest BCUT2D eigenvalue weighted by Crippen LogP contribution is -2.37. The molecule has 0 aliphatic heterocycles. The Balaban J connectivity index is 1.01. The quantitative estimate of drug-likeness (QED) is 0.117. The molecule has 0 amide bonds. The van der Waals surface area contributed by atoms with Gasteiger partial charge in [-0.3, -0.25) is 0 Å². The first kappa shape index (κ1) is 33.9. The Bertz CT molecular complexity index is 1950. The van der Waals surface area contributed by atoms with Gasteiger partial charge >= 0.3 is 0 Å². The maximum atomic E-state index is 4.35. The molecule has 3 heteroatoms. The Labute approximate surface area is 296 Å². The van der Waals surface area contributed by atoms with Crippen molar-refractivity contribution < 1.29 is 0 Å². The molecule has 0 heterocycles. The summed E-state index contributed by atoms with van der Waals surface area (Å²) in [5.74, 6) is 0. The summed E-state index contributed by atoms with van der Waals surface area (Å²) in [7, 11) is 3.10. The molecular weight excluding hydrogens is 609 g/mol. The molecule has 4 aromatic carbocycles. The zero-order valence-electron chi connectivity index (χ0n) is 29.1. The van der Waals surface area contributed by atoms with E-state index in [1.54, 1.807) is 0 Å². The fourth-order valence-corrected chi connectivity index (χ4v) is 7.25. The Morgan fingerprint density at radius 3 is 2.33 bits per heavy atom. The first-order valence-electron chi connectivity index (χ1n) is 17.5. The van der Waals surface area contributed by atoms with Gasteiger partial charge in [0.1, 0.15) is 0 Å². The van der Waals surface area contributed by atoms with E-state index in [2.05, 4.69) is 176 Å². The fourth-order valence-electron chi connectivity index (χ4n) is 6.60. The van der Waals surface area contributed by atoms with Gasteiger partial charge in [-0.25, -0.2) is 0 Å². The molecular formula is C46H48N2Si. The van der Waals surface area contributed by atoms with Gasteiger partial charge in [0.05, 0.1) is 5.54 Å². The predicted octanol–water partition coefficient (Wildman–Crippen LogP) is 9.41. The van der Waals surface area contributed by atoms with Crippen LogP contribution in [0.1, 0.15) is 55.3 Å². The number of rotatable bonds is 12. The number of allylic oxidation sites excluding steroid dienone is 9. The third-order valence-electron chi connectivity index (χ3n) is 9.71. The van der Waals surface area contributed by atoms with Crippen LogP contribution in [0.3, 0.4) is 0 Å². The average molecular weight is 657 g/mol. The van der Waals surface area contributed by atoms with E-state index in [0.29, 0.717) is 6.04 Å². The molecule has 4 aromatic rings. The highest BCUT2D eigenvalue weighted by molar-refractivity contribution is 6.35. The average Bonchev–Trinajstić information content (AvgIpc) is 3.15. The zero-order chi connectivity index (χ0) is 34.1. The molecule has 0 saturated carbocycles. The Hall–Kier alpha value is -4.96. The first-order chi connectivity index (χ1) is 23.9. The van der Waals surface area contributed by atoms with Crippen LogP contribution in [0.25, 0.3) is 33.4 Å². The van der Waals surface area contributed by atoms with Crippen LogP contribution in [0.4, 0.5) is 0 Å². The molecule has 0 aromatic heterocycles. The highest BCUT2D eigenvalue weighted by Crippen LogP contribution is 2.30. The molecule has 0 radical (unpaired) electrons. The van der Waals surface area contributed by atoms with Crippen molar-refractivity contribution >= 4 is 26.6 Å². The van der Waals surface area contributed by atoms with Crippen molar-refractivity contribution in [1.29, 1.82) is 0 Å². The van der Waals surface area contributed by atoms with Crippen LogP contribution in [0, 0.1) is 0 Å². The van der Waals surface area contributed by atoms with Crippen molar-refractivity contribution in [3.63, 3.8) is 0 Å². The van der Waals surface area contributed by atoms with Gasteiger partial charge in [-0.05, 0) is 108 Å². The van der Waals surface area contributed by atoms with E-state index < -0.39 is 0 Å². The summed E-state index contributed by atoms with van der Waals surface area (Å²) in [6, 6.07) is 35.6. The minimum absolute atomic E-state index is 0.127. The summed E-state index contributed by atoms with van der Waals surface area (Å²) in [6.07, 6.45) is 26.2. The van der Waals surface area contributed by atoms with Crippen LogP contribution in [-0.2, 0) is 0 Å². The van der Waals surface area contributed by atoms with Crippen molar-refractivity contribution in [3.05, 3.63) is 187 Å². The molecule has 2 aliphatic rings. The van der Waals surface area contributed by atoms with Crippen LogP contribution in [-0.4, -0.2) is 22.8 Å². The van der Waals surface area contributed by atoms with E-state index in [-0.39, 0.29) is 5.54 Å². The van der Waals surface area contributed by atoms with Crippen molar-refractivity contribution in [2.45, 2.75) is 44.2 Å². The molecule has 2 N–H and O–H groups in total. The second-order valence-corrected chi connectivity index (χ2v) is 14.5. The maximum Gasteiger partial charge on any atom is 0.0560 e. The summed E-state index contributed by atoms with van der Waals surface area (Å²) in [4.78, 5) is 0. The second kappa shape index (κ2) is 16.0. The highest BCUT2D eigenvalue weighted by atomic mass is 28.1. The van der Waals surface area contributed by atoms with Gasteiger partial charge in [-0.2, -0.15) is 0 Å². The van der Waals surface area contributed by atoms with Crippen LogP contribution in [0.2, 0.25) is 0 Å². The van der Waals surface area contributed by atoms with Crippen molar-refractivity contribution in [1.82, 2.24) is 10.6 Å². The number of hydrogen-bond acceptors (Lipinski definition) is 2. The van der Waals surface area contributed by atoms with Gasteiger partial charge in [-0.1, -0.05) is 157 Å². The Morgan fingerprint density at radius 1 is 0.837 bits per heavy atom. The molecule has 0 bridgehead atoms. The lowest BCUT2D eigenvalue weighted by Gasteiger charge is -2.28. The third-order valence-corrected chi connectivity index (χ3v) is 10.6. The van der Waals surface area contributed by atoms with Crippen LogP contribution < -0.4 is 15.8 Å². The minimum Gasteiger partial charge on any atom is -0.382 e. The van der Waals surface area contributed by atoms with Crippen LogP contribution in [0.5, 0.6) is 0 Å². The second-order valence-electron chi connectivity index (χ2n) is 13.4. The smallest absolute Gasteiger partial charge is 0.0560 e. The summed E-state index contributed by atoms with van der Waals surface area (Å²) in [5.41, 5.74) is 12.3. The van der Waals surface area contributed by atoms with Crippen molar-refractivity contribution in [2.75, 3.05) is 7.05 Å². The number of benzene rings is 4. The van der Waals surface area contributed by atoms with E-state index in [4.69, 9.17) is 0 Å². The van der Waals surface area contributed by atoms with Gasteiger partial charge < -0.3 is 10.6 Å². The van der Waals surface area contributed by atoms with E-state index in [1.165, 1.54) is 49.7 Å². The van der Waals surface area contributed by atoms with E-state index in [9.17, 15) is 0 Å². The molecule has 246 valence electrons. The topological polar surface area (TPSA) is 24.1 Å². The Morgan fingerprint density at radius 2 is 1.61 bits per heavy atom. The lowest BCUT2D eigenvalue weighted by atomic mass is 9.88. The first-order valence-corrected chi connectivity index (χ1v) is 18.5. The predicted molar refractivity (Wildman–Crippen MR) is 217 cm³/mol. The minimum atomic E-state index is -0.127. The summed E-state index contributed by atoms with van der Waals surface area (Å²) in [6.45, 7) is 6.58. The number of nitrogens with one attached hydrogen (secondary N) is 2. The summed E-state index contributed by atoms with van der Waals surface area (Å²) < 4.78 is 0. The standard InChI is InChI=1S/C46H48N2Si/c1-34(41-15-11-16-42(33-41)37-21-25-40(26-22-37)44(47-3)32-35-13-5-4-6-14-35)12-9-10-31-48-46(2)29-27-38(28-30-46)36-19-23-39(24-20-36)43-17-7-8-18-45(43)49/h5,7-29,31,33,44,47-48H,1,4,6,30,32H2,2-3,49H3/b12-9-,31-10-/t44?,46-/m0/s1. The largest absolute Gasteiger partial charge is 0.382 e. The molecule has 0 saturated heterocycles. The maximum absolute atomic E-state index is 4.35. The summed E-state index contributed by atoms with van der Waals surface area (Å²) >= 11 is 0. The van der Waals surface area contributed by atoms with Crippen LogP contribution in [0.15, 0.2) is 170 Å². The van der Waals surface area contributed by atoms with Gasteiger partial charge in [-0.15, -0.1) is 0 Å². The molecule has 49 heavy (non-hydrogen) atoms. The molecule has 0 fully saturated rings. The van der Waals surface area contributed by atoms with Crippen LogP contribution >= 0.6 is 0 Å². The van der Waals surface area contributed by atoms with Crippen molar-refractivity contribution in [2.24, 2.45) is 0 Å². The van der Waals surface area contributed by atoms with E-state index in [1.807, 2.05) is 13.2 Å². The van der Waals surface area contributed by atoms with Gasteiger partial charge in [0, 0.05) is 16.3 Å². The SMILES string of the molecule is C=C(/C=C\C=C/N[C@@]1(C)C=CC(c2ccc(-c3ccccc3[SiH3])cc2)=CC1)c1cccc(-c2ccc(C(CC3=CCCC=C3)NC)cc2)c1. The molecule has 0 spiro atoms. The zero-order valence-corrected chi connectivity index (χ0v) is 31.1. The monoisotopic (exact) mass is 656 g/mol. The fraction of sp³-hybridized carbons (Fsp3) is 0.174. The molecule has 6 rings (SSSR count). The van der Waals surface area contributed by atoms with Gasteiger partial charge in [0.2, 0.25) is 0 Å². The molecule has 2 aliphatic carbocycles. The van der Waals surface area contributed by atoms with E-state index in [0.717, 1.165) is 47.1 Å². The molecule has 2 nitrogen and oxygen atoms in total.